The SMILES string of the molecule is [F-].[F-].[F-].[Rh+2]. The van der Waals surface area contributed by atoms with Crippen molar-refractivity contribution < 1.29 is 33.6 Å². The topological polar surface area (TPSA) is 0 Å². The summed E-state index contributed by atoms with van der Waals surface area (Å²) in [5.41, 5.74) is 0. The first-order valence-electron chi connectivity index (χ1n) is 0. The van der Waals surface area contributed by atoms with Crippen LogP contribution in [0.3, 0.4) is 0 Å². The number of hydrogen-bond donors (Lipinski definition) is 0. The van der Waals surface area contributed by atoms with Crippen molar-refractivity contribution in [3.63, 3.8) is 0 Å². The average Bonchev–Trinajstić information content (AvgIpc) is 0. The molecular formula is F3Rh-. The molecular weight excluding hydrogens is 160 g/mol. The van der Waals surface area contributed by atoms with Gasteiger partial charge in [0.15, 0.2) is 0 Å². The Hall–Kier alpha value is 0.413. The summed E-state index contributed by atoms with van der Waals surface area (Å²) in [7, 11) is 0. The zero-order valence-corrected chi connectivity index (χ0v) is 3.11. The number of rotatable bonds is 0. The minimum atomic E-state index is 0. The molecule has 0 saturated carbocycles. The summed E-state index contributed by atoms with van der Waals surface area (Å²) in [4.78, 5) is 0. The maximum Gasteiger partial charge on any atom is 2.00 e. The molecule has 0 aliphatic carbocycles. The van der Waals surface area contributed by atoms with Gasteiger partial charge in [-0.1, -0.05) is 0 Å². The Balaban J connectivity index is 0. The molecule has 0 saturated heterocycles. The molecule has 0 heterocycles. The number of halogens is 3. The van der Waals surface area contributed by atoms with Gasteiger partial charge < -0.3 is 14.1 Å². The Morgan fingerprint density at radius 1 is 0.500 bits per heavy atom. The van der Waals surface area contributed by atoms with Crippen LogP contribution in [0.1, 0.15) is 0 Å². The van der Waals surface area contributed by atoms with E-state index >= 15 is 0 Å². The molecule has 0 aliphatic rings. The predicted molar refractivity (Wildman–Crippen MR) is 0 cm³/mol. The van der Waals surface area contributed by atoms with Crippen molar-refractivity contribution in [2.24, 2.45) is 0 Å². The second kappa shape index (κ2) is 116. The summed E-state index contributed by atoms with van der Waals surface area (Å²) in [6.07, 6.45) is 0. The van der Waals surface area contributed by atoms with Crippen molar-refractivity contribution in [1.82, 2.24) is 0 Å². The van der Waals surface area contributed by atoms with E-state index in [1.807, 2.05) is 0 Å². The summed E-state index contributed by atoms with van der Waals surface area (Å²) < 4.78 is 0. The van der Waals surface area contributed by atoms with Crippen LogP contribution in [0.25, 0.3) is 0 Å². The molecule has 0 atom stereocenters. The van der Waals surface area contributed by atoms with Crippen molar-refractivity contribution in [3.05, 3.63) is 0 Å². The average molecular weight is 160 g/mol. The zero-order valence-electron chi connectivity index (χ0n) is 1.47. The van der Waals surface area contributed by atoms with E-state index in [9.17, 15) is 0 Å². The van der Waals surface area contributed by atoms with Crippen LogP contribution in [0, 0.1) is 0 Å². The maximum absolute atomic E-state index is 0. The molecule has 0 aliphatic heterocycles. The third-order valence-electron chi connectivity index (χ3n) is 0. The first-order chi connectivity index (χ1) is 0. The molecule has 0 aromatic rings. The van der Waals surface area contributed by atoms with Crippen molar-refractivity contribution in [1.29, 1.82) is 0 Å². The molecule has 0 amide bonds. The molecule has 0 N–H and O–H groups in total. The van der Waals surface area contributed by atoms with E-state index in [4.69, 9.17) is 0 Å². The fourth-order valence-electron chi connectivity index (χ4n) is 0. The van der Waals surface area contributed by atoms with Gasteiger partial charge in [0, 0.05) is 0 Å². The number of hydrogen-bond acceptors (Lipinski definition) is 0. The van der Waals surface area contributed by atoms with E-state index < -0.39 is 0 Å². The third kappa shape index (κ3) is 28.2. The zero-order chi connectivity index (χ0) is 0. The minimum Gasteiger partial charge on any atom is -1.00 e. The van der Waals surface area contributed by atoms with E-state index in [2.05, 4.69) is 0 Å². The summed E-state index contributed by atoms with van der Waals surface area (Å²) in [6.45, 7) is 0. The second-order valence-corrected chi connectivity index (χ2v) is 0. The quantitative estimate of drug-likeness (QED) is 0.309. The van der Waals surface area contributed by atoms with Crippen LogP contribution in [0.15, 0.2) is 0 Å². The van der Waals surface area contributed by atoms with Crippen LogP contribution in [0.4, 0.5) is 0 Å². The van der Waals surface area contributed by atoms with Gasteiger partial charge in [0.2, 0.25) is 0 Å². The van der Waals surface area contributed by atoms with Gasteiger partial charge in [0.05, 0.1) is 0 Å². The van der Waals surface area contributed by atoms with E-state index in [0.717, 1.165) is 0 Å². The van der Waals surface area contributed by atoms with Gasteiger partial charge in [0.25, 0.3) is 0 Å². The largest absolute Gasteiger partial charge is 2.00 e. The van der Waals surface area contributed by atoms with E-state index in [0.29, 0.717) is 0 Å². The molecule has 0 rings (SSSR count). The van der Waals surface area contributed by atoms with Crippen molar-refractivity contribution in [2.75, 3.05) is 0 Å². The van der Waals surface area contributed by atoms with E-state index in [1.54, 1.807) is 0 Å². The van der Waals surface area contributed by atoms with Crippen LogP contribution < -0.4 is 14.1 Å². The smallest absolute Gasteiger partial charge is 1.00 e. The molecule has 4 heteroatoms. The Labute approximate surface area is 34.4 Å². The Kier molecular flexibility index (Phi) is 8750. The fourth-order valence-corrected chi connectivity index (χ4v) is 0. The van der Waals surface area contributed by atoms with Crippen molar-refractivity contribution >= 4 is 0 Å². The van der Waals surface area contributed by atoms with Crippen LogP contribution in [-0.2, 0) is 19.5 Å². The van der Waals surface area contributed by atoms with Gasteiger partial charge in [-0.25, -0.2) is 0 Å². The molecule has 0 nitrogen and oxygen atoms in total. The van der Waals surface area contributed by atoms with Gasteiger partial charge >= 0.3 is 19.5 Å². The Morgan fingerprint density at radius 2 is 0.500 bits per heavy atom. The first-order valence-corrected chi connectivity index (χ1v) is 0. The molecule has 4 heavy (non-hydrogen) atoms. The van der Waals surface area contributed by atoms with Gasteiger partial charge in [-0.15, -0.1) is 0 Å². The summed E-state index contributed by atoms with van der Waals surface area (Å²) in [6, 6.07) is 0. The van der Waals surface area contributed by atoms with E-state index in [-0.39, 0.29) is 33.6 Å². The van der Waals surface area contributed by atoms with Crippen molar-refractivity contribution in [3.8, 4) is 0 Å². The predicted octanol–water partition coefficient (Wildman–Crippen LogP) is -8.99. The van der Waals surface area contributed by atoms with Gasteiger partial charge in [-0.3, -0.25) is 0 Å². The van der Waals surface area contributed by atoms with Crippen LogP contribution >= 0.6 is 0 Å². The Bertz CT molecular complexity index is 3.25. The molecule has 0 fully saturated rings. The van der Waals surface area contributed by atoms with Crippen molar-refractivity contribution in [2.45, 2.75) is 0 Å². The maximum atomic E-state index is 0. The first kappa shape index (κ1) is 301. The normalized spacial score (nSPS) is 0. The summed E-state index contributed by atoms with van der Waals surface area (Å²) >= 11 is 0. The third-order valence-corrected chi connectivity index (χ3v) is 0. The second-order valence-electron chi connectivity index (χ2n) is 0. The monoisotopic (exact) mass is 160 g/mol. The summed E-state index contributed by atoms with van der Waals surface area (Å²) in [5, 5.41) is 0. The molecule has 0 spiro atoms. The molecule has 0 aromatic carbocycles. The van der Waals surface area contributed by atoms with Gasteiger partial charge in [-0.2, -0.15) is 0 Å². The van der Waals surface area contributed by atoms with Crippen LogP contribution in [-0.4, -0.2) is 0 Å². The molecule has 0 aromatic heterocycles. The molecule has 31 valence electrons. The molecule has 0 bridgehead atoms. The van der Waals surface area contributed by atoms with Gasteiger partial charge in [-0.05, 0) is 0 Å². The standard InChI is InChI=1S/3FH.Rh/h3*1H;/q;;;+2/p-3. The Morgan fingerprint density at radius 3 is 0.500 bits per heavy atom. The van der Waals surface area contributed by atoms with Crippen LogP contribution in [0.5, 0.6) is 0 Å². The minimum absolute atomic E-state index is 0. The van der Waals surface area contributed by atoms with Gasteiger partial charge in [0.1, 0.15) is 0 Å². The molecule has 0 unspecified atom stereocenters. The summed E-state index contributed by atoms with van der Waals surface area (Å²) in [5.74, 6) is 0. The van der Waals surface area contributed by atoms with Crippen LogP contribution in [0.2, 0.25) is 0 Å². The van der Waals surface area contributed by atoms with E-state index in [1.165, 1.54) is 0 Å². The fraction of sp³-hybridized carbons (Fsp3) is 0. The molecule has 1 radical (unpaired) electrons.